The number of aliphatic hydroxyl groups is 1. The normalized spacial score (nSPS) is 8.40. The Bertz CT molecular complexity index is 407. The average molecular weight is 198 g/mol. The Hall–Kier alpha value is -1.70. The van der Waals surface area contributed by atoms with Gasteiger partial charge in [-0.15, -0.1) is 0 Å². The Morgan fingerprint density at radius 3 is 2.47 bits per heavy atom. The topological polar surface area (TPSA) is 20.2 Å². The summed E-state index contributed by atoms with van der Waals surface area (Å²) in [6.45, 7) is 2.22. The van der Waals surface area contributed by atoms with Gasteiger partial charge in [0, 0.05) is 12.0 Å². The second-order valence-electron chi connectivity index (χ2n) is 3.08. The number of aliphatic hydroxyl groups excluding tert-OH is 1. The van der Waals surface area contributed by atoms with Crippen LogP contribution in [-0.4, -0.2) is 11.7 Å². The van der Waals surface area contributed by atoms with Gasteiger partial charge >= 0.3 is 0 Å². The lowest BCUT2D eigenvalue weighted by molar-refractivity contribution is 0.305. The van der Waals surface area contributed by atoms with Crippen molar-refractivity contribution in [1.82, 2.24) is 0 Å². The first kappa shape index (κ1) is 11.4. The summed E-state index contributed by atoms with van der Waals surface area (Å²) in [4.78, 5) is 0. The van der Waals surface area contributed by atoms with Gasteiger partial charge in [-0.05, 0) is 36.0 Å². The largest absolute Gasteiger partial charge is 0.395 e. The van der Waals surface area contributed by atoms with Gasteiger partial charge in [0.25, 0.3) is 0 Å². The quantitative estimate of drug-likeness (QED) is 0.720. The second-order valence-corrected chi connectivity index (χ2v) is 3.08. The molecule has 1 heteroatoms. The lowest BCUT2D eigenvalue weighted by atomic mass is 10.1. The predicted molar refractivity (Wildman–Crippen MR) is 62.2 cm³/mol. The molecule has 0 fully saturated rings. The van der Waals surface area contributed by atoms with Gasteiger partial charge in [-0.25, -0.2) is 0 Å². The first-order chi connectivity index (χ1) is 7.36. The maximum absolute atomic E-state index is 8.49. The molecule has 1 rings (SSSR count). The average Bonchev–Trinajstić information content (AvgIpc) is 2.30. The van der Waals surface area contributed by atoms with Crippen molar-refractivity contribution in [3.63, 3.8) is 0 Å². The zero-order chi connectivity index (χ0) is 10.9. The minimum absolute atomic E-state index is 0.0971. The molecule has 0 aliphatic carbocycles. The van der Waals surface area contributed by atoms with E-state index in [2.05, 4.69) is 42.7 Å². The number of aryl methyl sites for hydroxylation is 1. The first-order valence-electron chi connectivity index (χ1n) is 5.05. The fourth-order valence-electron chi connectivity index (χ4n) is 1.09. The predicted octanol–water partition coefficient (Wildman–Crippen LogP) is 1.99. The lowest BCUT2D eigenvalue weighted by Crippen LogP contribution is -1.79. The van der Waals surface area contributed by atoms with Crippen LogP contribution >= 0.6 is 0 Å². The Morgan fingerprint density at radius 1 is 1.13 bits per heavy atom. The standard InChI is InChI=1S/C14H14O/c1-2-13-8-10-14(11-9-13)7-5-3-4-6-12-15/h8-11,15H,2,6,12H2,1H3. The van der Waals surface area contributed by atoms with Crippen molar-refractivity contribution in [2.75, 3.05) is 6.61 Å². The van der Waals surface area contributed by atoms with E-state index in [-0.39, 0.29) is 6.61 Å². The molecule has 0 aromatic heterocycles. The number of rotatable bonds is 2. The number of hydrogen-bond donors (Lipinski definition) is 1. The molecule has 1 aromatic carbocycles. The smallest absolute Gasteiger partial charge is 0.0540 e. The number of benzene rings is 1. The van der Waals surface area contributed by atoms with Crippen LogP contribution in [0.15, 0.2) is 24.3 Å². The maximum Gasteiger partial charge on any atom is 0.0540 e. The van der Waals surface area contributed by atoms with E-state index in [0.717, 1.165) is 12.0 Å². The van der Waals surface area contributed by atoms with E-state index in [1.54, 1.807) is 0 Å². The molecule has 0 amide bonds. The third kappa shape index (κ3) is 4.36. The zero-order valence-corrected chi connectivity index (χ0v) is 8.88. The molecular formula is C14H14O. The maximum atomic E-state index is 8.49. The minimum Gasteiger partial charge on any atom is -0.395 e. The van der Waals surface area contributed by atoms with E-state index >= 15 is 0 Å². The van der Waals surface area contributed by atoms with Gasteiger partial charge in [0.05, 0.1) is 6.61 Å². The molecular weight excluding hydrogens is 184 g/mol. The van der Waals surface area contributed by atoms with Crippen molar-refractivity contribution in [1.29, 1.82) is 0 Å². The fourth-order valence-corrected chi connectivity index (χ4v) is 1.09. The third-order valence-electron chi connectivity index (χ3n) is 1.96. The zero-order valence-electron chi connectivity index (χ0n) is 8.88. The second kappa shape index (κ2) is 6.71. The van der Waals surface area contributed by atoms with E-state index in [9.17, 15) is 0 Å². The molecule has 0 aliphatic rings. The highest BCUT2D eigenvalue weighted by Gasteiger charge is 1.87. The summed E-state index contributed by atoms with van der Waals surface area (Å²) in [6, 6.07) is 8.15. The first-order valence-corrected chi connectivity index (χ1v) is 5.05. The van der Waals surface area contributed by atoms with E-state index < -0.39 is 0 Å². The molecule has 76 valence electrons. The van der Waals surface area contributed by atoms with Gasteiger partial charge in [0.1, 0.15) is 0 Å². The van der Waals surface area contributed by atoms with E-state index in [0.29, 0.717) is 6.42 Å². The summed E-state index contributed by atoms with van der Waals surface area (Å²) in [6.07, 6.45) is 1.54. The summed E-state index contributed by atoms with van der Waals surface area (Å²) in [5, 5.41) is 8.49. The molecule has 1 N–H and O–H groups in total. The highest BCUT2D eigenvalue weighted by atomic mass is 16.2. The van der Waals surface area contributed by atoms with Crippen LogP contribution in [-0.2, 0) is 6.42 Å². The van der Waals surface area contributed by atoms with Crippen LogP contribution in [0.4, 0.5) is 0 Å². The summed E-state index contributed by atoms with van der Waals surface area (Å²) >= 11 is 0. The SMILES string of the molecule is CCc1ccc(C#CC#CCCO)cc1. The third-order valence-corrected chi connectivity index (χ3v) is 1.96. The van der Waals surface area contributed by atoms with Crippen LogP contribution in [0.5, 0.6) is 0 Å². The Kier molecular flexibility index (Phi) is 5.09. The fraction of sp³-hybridized carbons (Fsp3) is 0.286. The van der Waals surface area contributed by atoms with Gasteiger partial charge in [-0.1, -0.05) is 30.9 Å². The van der Waals surface area contributed by atoms with Crippen LogP contribution in [0.3, 0.4) is 0 Å². The van der Waals surface area contributed by atoms with Gasteiger partial charge in [0.2, 0.25) is 0 Å². The molecule has 0 saturated carbocycles. The molecule has 1 nitrogen and oxygen atoms in total. The molecule has 15 heavy (non-hydrogen) atoms. The lowest BCUT2D eigenvalue weighted by Gasteiger charge is -1.94. The molecule has 0 spiro atoms. The van der Waals surface area contributed by atoms with E-state index in [1.807, 2.05) is 12.1 Å². The van der Waals surface area contributed by atoms with Crippen molar-refractivity contribution in [3.8, 4) is 23.7 Å². The van der Waals surface area contributed by atoms with Crippen LogP contribution in [0.25, 0.3) is 0 Å². The van der Waals surface area contributed by atoms with Crippen molar-refractivity contribution in [2.45, 2.75) is 19.8 Å². The summed E-state index contributed by atoms with van der Waals surface area (Å²) < 4.78 is 0. The Morgan fingerprint density at radius 2 is 1.87 bits per heavy atom. The van der Waals surface area contributed by atoms with E-state index in [4.69, 9.17) is 5.11 Å². The molecule has 0 unspecified atom stereocenters. The van der Waals surface area contributed by atoms with Gasteiger partial charge in [-0.2, -0.15) is 0 Å². The van der Waals surface area contributed by atoms with Crippen LogP contribution < -0.4 is 0 Å². The van der Waals surface area contributed by atoms with Crippen molar-refractivity contribution in [2.24, 2.45) is 0 Å². The monoisotopic (exact) mass is 198 g/mol. The van der Waals surface area contributed by atoms with Gasteiger partial charge in [0.15, 0.2) is 0 Å². The van der Waals surface area contributed by atoms with Gasteiger partial charge in [-0.3, -0.25) is 0 Å². The van der Waals surface area contributed by atoms with Crippen molar-refractivity contribution in [3.05, 3.63) is 35.4 Å². The van der Waals surface area contributed by atoms with Gasteiger partial charge < -0.3 is 5.11 Å². The summed E-state index contributed by atoms with van der Waals surface area (Å²) in [5.41, 5.74) is 2.29. The van der Waals surface area contributed by atoms with Crippen LogP contribution in [0.1, 0.15) is 24.5 Å². The molecule has 0 bridgehead atoms. The molecule has 0 heterocycles. The Balaban J connectivity index is 2.61. The molecule has 0 atom stereocenters. The van der Waals surface area contributed by atoms with Crippen LogP contribution in [0.2, 0.25) is 0 Å². The minimum atomic E-state index is 0.0971. The molecule has 0 aliphatic heterocycles. The number of hydrogen-bond acceptors (Lipinski definition) is 1. The Labute approximate surface area is 91.1 Å². The van der Waals surface area contributed by atoms with Crippen molar-refractivity contribution < 1.29 is 5.11 Å². The molecule has 0 radical (unpaired) electrons. The van der Waals surface area contributed by atoms with Crippen LogP contribution in [0, 0.1) is 23.7 Å². The summed E-state index contributed by atoms with van der Waals surface area (Å²) in [5.74, 6) is 11.1. The van der Waals surface area contributed by atoms with Crippen molar-refractivity contribution >= 4 is 0 Å². The summed E-state index contributed by atoms with van der Waals surface area (Å²) in [7, 11) is 0. The molecule has 0 saturated heterocycles. The molecule has 1 aromatic rings. The highest BCUT2D eigenvalue weighted by Crippen LogP contribution is 2.03. The highest BCUT2D eigenvalue weighted by molar-refractivity contribution is 5.40. The van der Waals surface area contributed by atoms with E-state index in [1.165, 1.54) is 5.56 Å².